The SMILES string of the molecule is COc1ccc(CCNC(=O)/C(C#N)=C\Nc2ccc(Cl)cc2C(F)(F)F)cc1. The van der Waals surface area contributed by atoms with E-state index in [1.807, 2.05) is 12.1 Å². The van der Waals surface area contributed by atoms with Gasteiger partial charge in [-0.25, -0.2) is 0 Å². The van der Waals surface area contributed by atoms with Crippen molar-refractivity contribution < 1.29 is 22.7 Å². The van der Waals surface area contributed by atoms with Gasteiger partial charge in [0.05, 0.1) is 18.4 Å². The van der Waals surface area contributed by atoms with E-state index in [1.54, 1.807) is 25.3 Å². The molecule has 0 atom stereocenters. The maximum Gasteiger partial charge on any atom is 0.418 e. The molecule has 0 heterocycles. The van der Waals surface area contributed by atoms with Crippen LogP contribution in [-0.2, 0) is 17.4 Å². The Labute approximate surface area is 170 Å². The third-order valence-corrected chi connectivity index (χ3v) is 4.12. The van der Waals surface area contributed by atoms with Crippen LogP contribution in [0.1, 0.15) is 11.1 Å². The van der Waals surface area contributed by atoms with Gasteiger partial charge in [-0.2, -0.15) is 18.4 Å². The highest BCUT2D eigenvalue weighted by atomic mass is 35.5. The van der Waals surface area contributed by atoms with Crippen LogP contribution in [0.2, 0.25) is 5.02 Å². The molecule has 0 fully saturated rings. The number of amides is 1. The Morgan fingerprint density at radius 3 is 2.52 bits per heavy atom. The lowest BCUT2D eigenvalue weighted by Crippen LogP contribution is -2.27. The number of alkyl halides is 3. The highest BCUT2D eigenvalue weighted by molar-refractivity contribution is 6.30. The molecule has 152 valence electrons. The van der Waals surface area contributed by atoms with E-state index in [-0.39, 0.29) is 22.8 Å². The summed E-state index contributed by atoms with van der Waals surface area (Å²) in [6, 6.07) is 12.1. The van der Waals surface area contributed by atoms with E-state index in [9.17, 15) is 18.0 Å². The van der Waals surface area contributed by atoms with Gasteiger partial charge in [0.2, 0.25) is 0 Å². The molecule has 2 N–H and O–H groups in total. The quantitative estimate of drug-likeness (QED) is 0.506. The average Bonchev–Trinajstić information content (AvgIpc) is 2.69. The fraction of sp³-hybridized carbons (Fsp3) is 0.200. The van der Waals surface area contributed by atoms with Crippen LogP contribution in [0.5, 0.6) is 5.75 Å². The van der Waals surface area contributed by atoms with Crippen LogP contribution in [-0.4, -0.2) is 19.6 Å². The van der Waals surface area contributed by atoms with Crippen molar-refractivity contribution in [3.63, 3.8) is 0 Å². The molecule has 5 nitrogen and oxygen atoms in total. The summed E-state index contributed by atoms with van der Waals surface area (Å²) in [6.07, 6.45) is -3.20. The van der Waals surface area contributed by atoms with Gasteiger partial charge in [0.25, 0.3) is 5.91 Å². The van der Waals surface area contributed by atoms with Gasteiger partial charge >= 0.3 is 6.18 Å². The Balaban J connectivity index is 2.00. The second-order valence-corrected chi connectivity index (χ2v) is 6.29. The summed E-state index contributed by atoms with van der Waals surface area (Å²) in [7, 11) is 1.56. The van der Waals surface area contributed by atoms with Crippen molar-refractivity contribution in [2.75, 3.05) is 19.0 Å². The van der Waals surface area contributed by atoms with E-state index in [2.05, 4.69) is 10.6 Å². The molecule has 0 saturated carbocycles. The number of hydrogen-bond acceptors (Lipinski definition) is 4. The van der Waals surface area contributed by atoms with Crippen LogP contribution in [0.25, 0.3) is 0 Å². The molecule has 0 spiro atoms. The Hall–Kier alpha value is -3.18. The molecule has 1 amide bonds. The summed E-state index contributed by atoms with van der Waals surface area (Å²) < 4.78 is 44.4. The number of rotatable bonds is 7. The minimum Gasteiger partial charge on any atom is -0.497 e. The first-order valence-electron chi connectivity index (χ1n) is 8.39. The summed E-state index contributed by atoms with van der Waals surface area (Å²) >= 11 is 5.62. The number of halogens is 4. The van der Waals surface area contributed by atoms with Gasteiger partial charge < -0.3 is 15.4 Å². The molecule has 29 heavy (non-hydrogen) atoms. The van der Waals surface area contributed by atoms with Gasteiger partial charge in [-0.05, 0) is 42.3 Å². The third kappa shape index (κ3) is 6.43. The van der Waals surface area contributed by atoms with Crippen molar-refractivity contribution in [3.8, 4) is 11.8 Å². The minimum absolute atomic E-state index is 0.0800. The van der Waals surface area contributed by atoms with Crippen molar-refractivity contribution in [2.45, 2.75) is 12.6 Å². The number of nitrogens with zero attached hydrogens (tertiary/aromatic N) is 1. The summed E-state index contributed by atoms with van der Waals surface area (Å²) in [5, 5.41) is 14.0. The van der Waals surface area contributed by atoms with Crippen molar-refractivity contribution in [1.29, 1.82) is 5.26 Å². The molecule has 2 aromatic rings. The molecule has 2 rings (SSSR count). The summed E-state index contributed by atoms with van der Waals surface area (Å²) in [6.45, 7) is 0.249. The zero-order valence-corrected chi connectivity index (χ0v) is 16.1. The minimum atomic E-state index is -4.64. The Kier molecular flexibility index (Phi) is 7.51. The Morgan fingerprint density at radius 2 is 1.93 bits per heavy atom. The summed E-state index contributed by atoms with van der Waals surface area (Å²) in [5.41, 5.74) is -0.732. The standard InChI is InChI=1S/C20H17ClF3N3O2/c1-29-16-5-2-13(3-6-16)8-9-26-19(28)14(11-25)12-27-18-7-4-15(21)10-17(18)20(22,23)24/h2-7,10,12,27H,8-9H2,1H3,(H,26,28)/b14-12-. The molecule has 0 radical (unpaired) electrons. The van der Waals surface area contributed by atoms with Crippen molar-refractivity contribution in [3.05, 3.63) is 70.4 Å². The number of nitrogens with one attached hydrogen (secondary N) is 2. The van der Waals surface area contributed by atoms with Crippen LogP contribution in [0, 0.1) is 11.3 Å². The van der Waals surface area contributed by atoms with E-state index in [4.69, 9.17) is 21.6 Å². The smallest absolute Gasteiger partial charge is 0.418 e. The first kappa shape index (κ1) is 22.1. The number of nitriles is 1. The number of anilines is 1. The number of carbonyl (C=O) groups is 1. The largest absolute Gasteiger partial charge is 0.497 e. The van der Waals surface area contributed by atoms with Crippen LogP contribution in [0.3, 0.4) is 0 Å². The highest BCUT2D eigenvalue weighted by Crippen LogP contribution is 2.36. The van der Waals surface area contributed by atoms with Gasteiger partial charge in [0.1, 0.15) is 17.4 Å². The number of methoxy groups -OCH3 is 1. The second-order valence-electron chi connectivity index (χ2n) is 5.86. The molecular weight excluding hydrogens is 407 g/mol. The topological polar surface area (TPSA) is 74.1 Å². The molecule has 0 aliphatic rings. The fourth-order valence-corrected chi connectivity index (χ4v) is 2.56. The number of ether oxygens (including phenoxy) is 1. The first-order valence-corrected chi connectivity index (χ1v) is 8.77. The molecule has 0 bridgehead atoms. The second kappa shape index (κ2) is 9.85. The third-order valence-electron chi connectivity index (χ3n) is 3.88. The van der Waals surface area contributed by atoms with E-state index < -0.39 is 17.6 Å². The molecule has 0 aliphatic heterocycles. The lowest BCUT2D eigenvalue weighted by Gasteiger charge is -2.13. The van der Waals surface area contributed by atoms with Gasteiger partial charge in [-0.3, -0.25) is 4.79 Å². The molecule has 0 saturated heterocycles. The maximum atomic E-state index is 13.1. The van der Waals surface area contributed by atoms with Crippen molar-refractivity contribution >= 4 is 23.2 Å². The van der Waals surface area contributed by atoms with Crippen LogP contribution < -0.4 is 15.4 Å². The summed E-state index contributed by atoms with van der Waals surface area (Å²) in [5.74, 6) is 0.00928. The normalized spacial score (nSPS) is 11.5. The van der Waals surface area contributed by atoms with Gasteiger partial charge in [0.15, 0.2) is 0 Å². The van der Waals surface area contributed by atoms with Gasteiger partial charge in [-0.15, -0.1) is 0 Å². The van der Waals surface area contributed by atoms with Crippen molar-refractivity contribution in [1.82, 2.24) is 5.32 Å². The monoisotopic (exact) mass is 423 g/mol. The van der Waals surface area contributed by atoms with Crippen LogP contribution in [0.4, 0.5) is 18.9 Å². The number of benzene rings is 2. The molecular formula is C20H17ClF3N3O2. The zero-order chi connectivity index (χ0) is 21.4. The summed E-state index contributed by atoms with van der Waals surface area (Å²) in [4.78, 5) is 12.1. The van der Waals surface area contributed by atoms with Crippen LogP contribution in [0.15, 0.2) is 54.2 Å². The average molecular weight is 424 g/mol. The molecule has 0 aliphatic carbocycles. The van der Waals surface area contributed by atoms with E-state index in [0.717, 1.165) is 23.9 Å². The molecule has 9 heteroatoms. The Morgan fingerprint density at radius 1 is 1.24 bits per heavy atom. The fourth-order valence-electron chi connectivity index (χ4n) is 2.38. The lowest BCUT2D eigenvalue weighted by molar-refractivity contribution is -0.136. The molecule has 0 unspecified atom stereocenters. The van der Waals surface area contributed by atoms with E-state index in [1.165, 1.54) is 6.07 Å². The lowest BCUT2D eigenvalue weighted by atomic mass is 10.1. The molecule has 2 aromatic carbocycles. The van der Waals surface area contributed by atoms with Crippen molar-refractivity contribution in [2.24, 2.45) is 0 Å². The van der Waals surface area contributed by atoms with Gasteiger partial charge in [0, 0.05) is 17.8 Å². The predicted molar refractivity (Wildman–Crippen MR) is 103 cm³/mol. The van der Waals surface area contributed by atoms with E-state index >= 15 is 0 Å². The first-order chi connectivity index (χ1) is 13.7. The zero-order valence-electron chi connectivity index (χ0n) is 15.3. The van der Waals surface area contributed by atoms with Crippen LogP contribution >= 0.6 is 11.6 Å². The predicted octanol–water partition coefficient (Wildman–Crippen LogP) is 4.55. The van der Waals surface area contributed by atoms with Gasteiger partial charge in [-0.1, -0.05) is 23.7 Å². The Bertz CT molecular complexity index is 935. The number of carbonyl (C=O) groups excluding carboxylic acids is 1. The number of hydrogen-bond donors (Lipinski definition) is 2. The van der Waals surface area contributed by atoms with E-state index in [0.29, 0.717) is 12.2 Å². The maximum absolute atomic E-state index is 13.1. The highest BCUT2D eigenvalue weighted by Gasteiger charge is 2.33. The molecule has 0 aromatic heterocycles.